The van der Waals surface area contributed by atoms with Crippen molar-refractivity contribution in [3.8, 4) is 0 Å². The number of rotatable bonds is 4. The molecule has 0 radical (unpaired) electrons. The first kappa shape index (κ1) is 18.6. The Morgan fingerprint density at radius 1 is 1.18 bits per heavy atom. The number of carbonyl (C=O) groups excluding carboxylic acids is 2. The maximum atomic E-state index is 12.4. The van der Waals surface area contributed by atoms with Crippen LogP contribution in [0.25, 0.3) is 0 Å². The molecule has 0 aliphatic heterocycles. The van der Waals surface area contributed by atoms with Gasteiger partial charge in [-0.2, -0.15) is 0 Å². The Labute approximate surface area is 140 Å². The van der Waals surface area contributed by atoms with Gasteiger partial charge in [0.1, 0.15) is 5.60 Å². The molecule has 0 fully saturated rings. The molecule has 22 heavy (non-hydrogen) atoms. The number of benzene rings is 1. The number of halogens is 2. The summed E-state index contributed by atoms with van der Waals surface area (Å²) in [5.74, 6) is -0.173. The highest BCUT2D eigenvalue weighted by molar-refractivity contribution is 6.35. The minimum absolute atomic E-state index is 0.173. The van der Waals surface area contributed by atoms with Gasteiger partial charge in [-0.25, -0.2) is 4.79 Å². The first-order valence-corrected chi connectivity index (χ1v) is 7.55. The lowest BCUT2D eigenvalue weighted by Gasteiger charge is -2.27. The standard InChI is InChI=1S/C15H20Cl2N2O3/c1-10(20)18-5-6-19(14(21)22-15(2,3)4)13-8-11(16)7-12(17)9-13/h7-9H,5-6H2,1-4H3,(H,18,20). The molecule has 1 N–H and O–H groups in total. The molecule has 1 rings (SSSR count). The number of carbonyl (C=O) groups is 2. The molecule has 0 bridgehead atoms. The molecular weight excluding hydrogens is 327 g/mol. The molecule has 0 heterocycles. The van der Waals surface area contributed by atoms with Gasteiger partial charge < -0.3 is 10.1 Å². The Hall–Kier alpha value is -1.46. The van der Waals surface area contributed by atoms with Crippen LogP contribution in [0.1, 0.15) is 27.7 Å². The summed E-state index contributed by atoms with van der Waals surface area (Å²) in [5.41, 5.74) is -0.122. The molecule has 1 aromatic rings. The van der Waals surface area contributed by atoms with E-state index in [1.165, 1.54) is 11.8 Å². The molecule has 0 atom stereocenters. The smallest absolute Gasteiger partial charge is 0.414 e. The van der Waals surface area contributed by atoms with Crippen molar-refractivity contribution in [1.82, 2.24) is 5.32 Å². The molecule has 0 unspecified atom stereocenters. The Morgan fingerprint density at radius 2 is 1.73 bits per heavy atom. The molecular formula is C15H20Cl2N2O3. The van der Waals surface area contributed by atoms with Gasteiger partial charge in [-0.1, -0.05) is 23.2 Å². The summed E-state index contributed by atoms with van der Waals surface area (Å²) in [6.45, 7) is 7.28. The van der Waals surface area contributed by atoms with Crippen LogP contribution in [0.3, 0.4) is 0 Å². The number of nitrogens with one attached hydrogen (secondary N) is 1. The van der Waals surface area contributed by atoms with Gasteiger partial charge in [0, 0.05) is 30.1 Å². The molecule has 122 valence electrons. The number of nitrogens with zero attached hydrogens (tertiary/aromatic N) is 1. The van der Waals surface area contributed by atoms with E-state index in [4.69, 9.17) is 27.9 Å². The van der Waals surface area contributed by atoms with Gasteiger partial charge in [0.15, 0.2) is 0 Å². The fourth-order valence-corrected chi connectivity index (χ4v) is 2.20. The third-order valence-electron chi connectivity index (χ3n) is 2.48. The van der Waals surface area contributed by atoms with Crippen molar-refractivity contribution in [2.75, 3.05) is 18.0 Å². The van der Waals surface area contributed by atoms with Gasteiger partial charge in [0.05, 0.1) is 5.69 Å². The van der Waals surface area contributed by atoms with E-state index in [1.54, 1.807) is 39.0 Å². The Bertz CT molecular complexity index is 536. The van der Waals surface area contributed by atoms with Crippen molar-refractivity contribution >= 4 is 40.9 Å². The van der Waals surface area contributed by atoms with Crippen LogP contribution >= 0.6 is 23.2 Å². The van der Waals surface area contributed by atoms with E-state index in [9.17, 15) is 9.59 Å². The predicted molar refractivity (Wildman–Crippen MR) is 88.7 cm³/mol. The third kappa shape index (κ3) is 6.54. The molecule has 0 aliphatic rings. The maximum Gasteiger partial charge on any atom is 0.414 e. The van der Waals surface area contributed by atoms with Crippen molar-refractivity contribution in [2.45, 2.75) is 33.3 Å². The van der Waals surface area contributed by atoms with Crippen molar-refractivity contribution in [2.24, 2.45) is 0 Å². The first-order chi connectivity index (χ1) is 10.1. The van der Waals surface area contributed by atoms with Crippen LogP contribution in [0.2, 0.25) is 10.0 Å². The lowest BCUT2D eigenvalue weighted by molar-refractivity contribution is -0.118. The lowest BCUT2D eigenvalue weighted by atomic mass is 10.2. The maximum absolute atomic E-state index is 12.4. The summed E-state index contributed by atoms with van der Waals surface area (Å²) < 4.78 is 5.38. The van der Waals surface area contributed by atoms with E-state index >= 15 is 0 Å². The highest BCUT2D eigenvalue weighted by atomic mass is 35.5. The van der Waals surface area contributed by atoms with Crippen molar-refractivity contribution in [3.63, 3.8) is 0 Å². The quantitative estimate of drug-likeness (QED) is 0.899. The van der Waals surface area contributed by atoms with E-state index in [1.807, 2.05) is 0 Å². The molecule has 0 aromatic heterocycles. The molecule has 0 saturated carbocycles. The molecule has 0 aliphatic carbocycles. The Morgan fingerprint density at radius 3 is 2.18 bits per heavy atom. The van der Waals surface area contributed by atoms with Gasteiger partial charge in [0.25, 0.3) is 0 Å². The van der Waals surface area contributed by atoms with E-state index < -0.39 is 11.7 Å². The molecule has 7 heteroatoms. The van der Waals surface area contributed by atoms with Gasteiger partial charge >= 0.3 is 6.09 Å². The summed E-state index contributed by atoms with van der Waals surface area (Å²) in [4.78, 5) is 24.7. The second-order valence-corrected chi connectivity index (χ2v) is 6.62. The predicted octanol–water partition coefficient (Wildman–Crippen LogP) is 3.87. The van der Waals surface area contributed by atoms with Gasteiger partial charge in [-0.05, 0) is 39.0 Å². The van der Waals surface area contributed by atoms with Crippen LogP contribution in [-0.4, -0.2) is 30.7 Å². The fraction of sp³-hybridized carbons (Fsp3) is 0.467. The largest absolute Gasteiger partial charge is 0.443 e. The van der Waals surface area contributed by atoms with Gasteiger partial charge in [-0.3, -0.25) is 9.69 Å². The van der Waals surface area contributed by atoms with Gasteiger partial charge in [0.2, 0.25) is 5.91 Å². The second-order valence-electron chi connectivity index (χ2n) is 5.74. The van der Waals surface area contributed by atoms with E-state index in [-0.39, 0.29) is 12.5 Å². The molecule has 5 nitrogen and oxygen atoms in total. The van der Waals surface area contributed by atoms with Crippen molar-refractivity contribution in [1.29, 1.82) is 0 Å². The number of hydrogen-bond acceptors (Lipinski definition) is 3. The summed E-state index contributed by atoms with van der Waals surface area (Å²) in [6.07, 6.45) is -0.531. The summed E-state index contributed by atoms with van der Waals surface area (Å²) in [6, 6.07) is 4.81. The molecule has 1 aromatic carbocycles. The number of ether oxygens (including phenoxy) is 1. The van der Waals surface area contributed by atoms with Crippen LogP contribution < -0.4 is 10.2 Å². The zero-order valence-corrected chi connectivity index (χ0v) is 14.6. The summed E-state index contributed by atoms with van der Waals surface area (Å²) >= 11 is 12.0. The minimum atomic E-state index is -0.633. The normalized spacial score (nSPS) is 11.0. The number of hydrogen-bond donors (Lipinski definition) is 1. The minimum Gasteiger partial charge on any atom is -0.443 e. The lowest BCUT2D eigenvalue weighted by Crippen LogP contribution is -2.41. The highest BCUT2D eigenvalue weighted by Gasteiger charge is 2.23. The van der Waals surface area contributed by atoms with Crippen LogP contribution in [-0.2, 0) is 9.53 Å². The number of amides is 2. The molecule has 0 spiro atoms. The Balaban J connectivity index is 2.99. The summed E-state index contributed by atoms with van der Waals surface area (Å²) in [7, 11) is 0. The average Bonchev–Trinajstić information content (AvgIpc) is 2.30. The van der Waals surface area contributed by atoms with Crippen LogP contribution in [0.4, 0.5) is 10.5 Å². The highest BCUT2D eigenvalue weighted by Crippen LogP contribution is 2.26. The van der Waals surface area contributed by atoms with E-state index in [0.717, 1.165) is 0 Å². The SMILES string of the molecule is CC(=O)NCCN(C(=O)OC(C)(C)C)c1cc(Cl)cc(Cl)c1. The van der Waals surface area contributed by atoms with Crippen LogP contribution in [0.15, 0.2) is 18.2 Å². The van der Waals surface area contributed by atoms with Crippen LogP contribution in [0, 0.1) is 0 Å². The topological polar surface area (TPSA) is 58.6 Å². The molecule has 2 amide bonds. The number of anilines is 1. The van der Waals surface area contributed by atoms with Crippen molar-refractivity contribution < 1.29 is 14.3 Å². The van der Waals surface area contributed by atoms with E-state index in [2.05, 4.69) is 5.32 Å². The average molecular weight is 347 g/mol. The van der Waals surface area contributed by atoms with E-state index in [0.29, 0.717) is 22.3 Å². The molecule has 0 saturated heterocycles. The summed E-state index contributed by atoms with van der Waals surface area (Å²) in [5, 5.41) is 3.46. The first-order valence-electron chi connectivity index (χ1n) is 6.79. The zero-order chi connectivity index (χ0) is 16.9. The fourth-order valence-electron chi connectivity index (χ4n) is 1.68. The zero-order valence-electron chi connectivity index (χ0n) is 13.1. The third-order valence-corrected chi connectivity index (χ3v) is 2.92. The Kier molecular flexibility index (Phi) is 6.50. The van der Waals surface area contributed by atoms with Crippen molar-refractivity contribution in [3.05, 3.63) is 28.2 Å². The van der Waals surface area contributed by atoms with Gasteiger partial charge in [-0.15, -0.1) is 0 Å². The monoisotopic (exact) mass is 346 g/mol. The van der Waals surface area contributed by atoms with Crippen LogP contribution in [0.5, 0.6) is 0 Å². The second kappa shape index (κ2) is 7.70.